The summed E-state index contributed by atoms with van der Waals surface area (Å²) in [7, 11) is 0. The molecule has 0 saturated carbocycles. The molecule has 1 aromatic heterocycles. The lowest BCUT2D eigenvalue weighted by Gasteiger charge is -2.11. The average molecular weight is 435 g/mol. The summed E-state index contributed by atoms with van der Waals surface area (Å²) in [5.74, 6) is -2.55. The lowest BCUT2D eigenvalue weighted by Crippen LogP contribution is -2.27. The Kier molecular flexibility index (Phi) is 5.18. The number of hydrogen-bond donors (Lipinski definition) is 2. The van der Waals surface area contributed by atoms with Crippen LogP contribution in [-0.2, 0) is 4.79 Å². The van der Waals surface area contributed by atoms with Crippen LogP contribution >= 0.6 is 11.8 Å². The number of aromatic carboxylic acids is 2. The van der Waals surface area contributed by atoms with E-state index in [1.54, 1.807) is 36.4 Å². The molecule has 8 nitrogen and oxygen atoms in total. The monoisotopic (exact) mass is 435 g/mol. The van der Waals surface area contributed by atoms with Crippen molar-refractivity contribution >= 4 is 46.6 Å². The van der Waals surface area contributed by atoms with Crippen LogP contribution in [0.1, 0.15) is 26.5 Å². The van der Waals surface area contributed by atoms with Gasteiger partial charge in [0.2, 0.25) is 0 Å². The van der Waals surface area contributed by atoms with E-state index in [1.807, 2.05) is 0 Å². The van der Waals surface area contributed by atoms with Crippen molar-refractivity contribution in [3.63, 3.8) is 0 Å². The molecule has 9 heteroatoms. The second kappa shape index (κ2) is 7.96. The first-order valence-corrected chi connectivity index (χ1v) is 9.70. The van der Waals surface area contributed by atoms with Crippen molar-refractivity contribution in [3.05, 3.63) is 82.5 Å². The molecule has 0 aliphatic carbocycles. The maximum Gasteiger partial charge on any atom is 0.335 e. The minimum atomic E-state index is -1.27. The van der Waals surface area contributed by atoms with Crippen LogP contribution in [0.25, 0.3) is 17.4 Å². The van der Waals surface area contributed by atoms with Gasteiger partial charge in [-0.15, -0.1) is 0 Å². The smallest absolute Gasteiger partial charge is 0.335 e. The standard InChI is InChI=1S/C22H13NO7S/c24-19-18(31-22(29)23(19)15-4-2-1-3-5-15)11-16-6-7-17(30-16)12-8-13(20(25)26)10-14(9-12)21(27)28/h1-11H,(H,25,26)(H,27,28)/b18-11-. The number of imide groups is 1. The molecular formula is C22H13NO7S. The van der Waals surface area contributed by atoms with Crippen molar-refractivity contribution in [1.82, 2.24) is 0 Å². The van der Waals surface area contributed by atoms with Gasteiger partial charge in [0, 0.05) is 11.6 Å². The third-order valence-corrected chi connectivity index (χ3v) is 5.29. The number of thioether (sulfide) groups is 1. The van der Waals surface area contributed by atoms with E-state index in [-0.39, 0.29) is 33.1 Å². The van der Waals surface area contributed by atoms with E-state index in [4.69, 9.17) is 4.42 Å². The molecule has 3 aromatic rings. The second-order valence-corrected chi connectivity index (χ2v) is 7.46. The lowest BCUT2D eigenvalue weighted by atomic mass is 10.0. The Balaban J connectivity index is 1.65. The van der Waals surface area contributed by atoms with E-state index >= 15 is 0 Å². The van der Waals surface area contributed by atoms with E-state index in [1.165, 1.54) is 24.3 Å². The molecule has 2 amide bonds. The number of para-hydroxylation sites is 1. The molecule has 0 radical (unpaired) electrons. The van der Waals surface area contributed by atoms with Crippen LogP contribution in [0.3, 0.4) is 0 Å². The second-order valence-electron chi connectivity index (χ2n) is 6.46. The molecule has 2 heterocycles. The van der Waals surface area contributed by atoms with E-state index in [0.717, 1.165) is 22.7 Å². The third kappa shape index (κ3) is 3.99. The highest BCUT2D eigenvalue weighted by Crippen LogP contribution is 2.36. The Morgan fingerprint density at radius 2 is 1.55 bits per heavy atom. The number of carbonyl (C=O) groups is 4. The summed E-state index contributed by atoms with van der Waals surface area (Å²) < 4.78 is 5.67. The number of benzene rings is 2. The number of anilines is 1. The molecule has 1 aliphatic heterocycles. The van der Waals surface area contributed by atoms with Gasteiger partial charge in [-0.2, -0.15) is 0 Å². The van der Waals surface area contributed by atoms with Crippen molar-refractivity contribution in [2.24, 2.45) is 0 Å². The van der Waals surface area contributed by atoms with Crippen molar-refractivity contribution in [2.75, 3.05) is 4.90 Å². The van der Waals surface area contributed by atoms with Gasteiger partial charge in [0.25, 0.3) is 11.1 Å². The van der Waals surface area contributed by atoms with Crippen LogP contribution in [0, 0.1) is 0 Å². The summed E-state index contributed by atoms with van der Waals surface area (Å²) in [5.41, 5.74) is 0.322. The van der Waals surface area contributed by atoms with Gasteiger partial charge in [-0.05, 0) is 54.2 Å². The Morgan fingerprint density at radius 1 is 0.903 bits per heavy atom. The maximum absolute atomic E-state index is 12.7. The molecule has 1 aliphatic rings. The molecule has 2 aromatic carbocycles. The van der Waals surface area contributed by atoms with Crippen molar-refractivity contribution in [2.45, 2.75) is 0 Å². The Labute approximate surface area is 179 Å². The number of rotatable bonds is 5. The van der Waals surface area contributed by atoms with E-state index < -0.39 is 23.1 Å². The molecule has 31 heavy (non-hydrogen) atoms. The fourth-order valence-electron chi connectivity index (χ4n) is 3.00. The molecule has 1 fully saturated rings. The molecule has 0 atom stereocenters. The number of nitrogens with zero attached hydrogens (tertiary/aromatic N) is 1. The normalized spacial score (nSPS) is 15.0. The zero-order chi connectivity index (χ0) is 22.1. The van der Waals surface area contributed by atoms with Crippen LogP contribution in [0.15, 0.2) is 70.0 Å². The fourth-order valence-corrected chi connectivity index (χ4v) is 3.82. The lowest BCUT2D eigenvalue weighted by molar-refractivity contribution is -0.113. The molecule has 0 bridgehead atoms. The number of furan rings is 1. The van der Waals surface area contributed by atoms with Gasteiger partial charge in [0.1, 0.15) is 11.5 Å². The topological polar surface area (TPSA) is 125 Å². The van der Waals surface area contributed by atoms with Crippen LogP contribution in [0.5, 0.6) is 0 Å². The SMILES string of the molecule is O=C(O)c1cc(C(=O)O)cc(-c2ccc(/C=C3\SC(=O)N(c4ccccc4)C3=O)o2)c1. The fraction of sp³-hybridized carbons (Fsp3) is 0. The zero-order valence-electron chi connectivity index (χ0n) is 15.6. The molecule has 0 unspecified atom stereocenters. The highest BCUT2D eigenvalue weighted by atomic mass is 32.2. The van der Waals surface area contributed by atoms with Gasteiger partial charge in [-0.3, -0.25) is 9.59 Å². The van der Waals surface area contributed by atoms with Gasteiger partial charge >= 0.3 is 11.9 Å². The summed E-state index contributed by atoms with van der Waals surface area (Å²) in [6.45, 7) is 0. The molecule has 1 saturated heterocycles. The summed E-state index contributed by atoms with van der Waals surface area (Å²) in [5, 5.41) is 18.0. The minimum Gasteiger partial charge on any atom is -0.478 e. The molecule has 2 N–H and O–H groups in total. The summed E-state index contributed by atoms with van der Waals surface area (Å²) in [4.78, 5) is 48.8. The van der Waals surface area contributed by atoms with Crippen LogP contribution < -0.4 is 4.90 Å². The molecule has 4 rings (SSSR count). The zero-order valence-corrected chi connectivity index (χ0v) is 16.5. The number of carboxylic acids is 2. The first kappa shape index (κ1) is 20.2. The van der Waals surface area contributed by atoms with Crippen molar-refractivity contribution < 1.29 is 33.8 Å². The minimum absolute atomic E-state index is 0.167. The summed E-state index contributed by atoms with van der Waals surface area (Å²) in [6, 6.07) is 15.2. The number of carbonyl (C=O) groups excluding carboxylic acids is 2. The van der Waals surface area contributed by atoms with Gasteiger partial charge in [0.05, 0.1) is 21.7 Å². The number of amides is 2. The van der Waals surface area contributed by atoms with Crippen LogP contribution in [0.2, 0.25) is 0 Å². The summed E-state index contributed by atoms with van der Waals surface area (Å²) in [6.07, 6.45) is 1.41. The van der Waals surface area contributed by atoms with E-state index in [2.05, 4.69) is 0 Å². The number of hydrogen-bond acceptors (Lipinski definition) is 6. The molecular weight excluding hydrogens is 422 g/mol. The first-order valence-electron chi connectivity index (χ1n) is 8.88. The number of carboxylic acid groups (broad SMARTS) is 2. The first-order chi connectivity index (χ1) is 14.8. The average Bonchev–Trinajstić information content (AvgIpc) is 3.32. The Morgan fingerprint density at radius 3 is 2.16 bits per heavy atom. The van der Waals surface area contributed by atoms with Crippen LogP contribution in [0.4, 0.5) is 10.5 Å². The van der Waals surface area contributed by atoms with Gasteiger partial charge in [0.15, 0.2) is 0 Å². The predicted octanol–water partition coefficient (Wildman–Crippen LogP) is 4.58. The third-order valence-electron chi connectivity index (χ3n) is 4.42. The molecule has 0 spiro atoms. The van der Waals surface area contributed by atoms with Gasteiger partial charge in [-0.25, -0.2) is 14.5 Å². The highest BCUT2D eigenvalue weighted by molar-refractivity contribution is 8.19. The Hall–Kier alpha value is -4.11. The largest absolute Gasteiger partial charge is 0.478 e. The highest BCUT2D eigenvalue weighted by Gasteiger charge is 2.36. The van der Waals surface area contributed by atoms with Crippen LogP contribution in [-0.4, -0.2) is 33.3 Å². The van der Waals surface area contributed by atoms with Gasteiger partial charge in [-0.1, -0.05) is 18.2 Å². The van der Waals surface area contributed by atoms with Gasteiger partial charge < -0.3 is 14.6 Å². The molecule has 154 valence electrons. The Bertz CT molecular complexity index is 1230. The maximum atomic E-state index is 12.7. The van der Waals surface area contributed by atoms with E-state index in [9.17, 15) is 29.4 Å². The van der Waals surface area contributed by atoms with Crippen molar-refractivity contribution in [3.8, 4) is 11.3 Å². The van der Waals surface area contributed by atoms with E-state index in [0.29, 0.717) is 5.69 Å². The van der Waals surface area contributed by atoms with Crippen molar-refractivity contribution in [1.29, 1.82) is 0 Å². The summed E-state index contributed by atoms with van der Waals surface area (Å²) >= 11 is 0.772. The predicted molar refractivity (Wildman–Crippen MR) is 113 cm³/mol. The quantitative estimate of drug-likeness (QED) is 0.558.